The highest BCUT2D eigenvalue weighted by Gasteiger charge is 2.26. The van der Waals surface area contributed by atoms with Gasteiger partial charge in [-0.3, -0.25) is 16.0 Å². The maximum atomic E-state index is 11.0. The second-order valence-corrected chi connectivity index (χ2v) is 5.39. The van der Waals surface area contributed by atoms with Crippen molar-refractivity contribution in [2.75, 3.05) is 37.5 Å². The maximum absolute atomic E-state index is 11.0. The van der Waals surface area contributed by atoms with Crippen LogP contribution in [0.1, 0.15) is 12.8 Å². The third kappa shape index (κ3) is 3.17. The molecule has 1 atom stereocenters. The molecule has 7 heteroatoms. The number of nitrogens with one attached hydrogen (secondary N) is 1. The van der Waals surface area contributed by atoms with Crippen LogP contribution in [0.5, 0.6) is 0 Å². The van der Waals surface area contributed by atoms with Crippen LogP contribution in [-0.4, -0.2) is 43.0 Å². The van der Waals surface area contributed by atoms with Gasteiger partial charge in [-0.15, -0.1) is 0 Å². The number of rotatable bonds is 5. The van der Waals surface area contributed by atoms with Crippen molar-refractivity contribution in [3.8, 4) is 0 Å². The Bertz CT molecular complexity index is 492. The first-order valence-electron chi connectivity index (χ1n) is 6.68. The number of nitro benzene ring substituents is 1. The number of hydrogen-bond donors (Lipinski definition) is 2. The largest absolute Gasteiger partial charge is 0.367 e. The van der Waals surface area contributed by atoms with Crippen molar-refractivity contribution in [3.63, 3.8) is 0 Å². The predicted octanol–water partition coefficient (Wildman–Crippen LogP) is 1.41. The summed E-state index contributed by atoms with van der Waals surface area (Å²) in [4.78, 5) is 15.0. The average molecular weight is 279 g/mol. The van der Waals surface area contributed by atoms with Gasteiger partial charge in [0.1, 0.15) is 0 Å². The molecule has 2 rings (SSSR count). The molecule has 0 spiro atoms. The first kappa shape index (κ1) is 14.5. The molecule has 1 unspecified atom stereocenters. The molecular formula is C13H21N5O2. The van der Waals surface area contributed by atoms with E-state index in [1.807, 2.05) is 20.2 Å². The fourth-order valence-electron chi connectivity index (χ4n) is 2.74. The van der Waals surface area contributed by atoms with E-state index < -0.39 is 0 Å². The van der Waals surface area contributed by atoms with Crippen LogP contribution in [0.15, 0.2) is 18.2 Å². The van der Waals surface area contributed by atoms with Crippen LogP contribution in [0.2, 0.25) is 0 Å². The Morgan fingerprint density at radius 1 is 1.50 bits per heavy atom. The number of nitrogen functional groups attached to an aromatic ring is 1. The molecule has 0 aliphatic carbocycles. The van der Waals surface area contributed by atoms with Crippen molar-refractivity contribution in [3.05, 3.63) is 28.3 Å². The monoisotopic (exact) mass is 279 g/mol. The minimum atomic E-state index is -0.388. The van der Waals surface area contributed by atoms with Gasteiger partial charge in [-0.05, 0) is 33.0 Å². The van der Waals surface area contributed by atoms with E-state index in [1.54, 1.807) is 6.07 Å². The average Bonchev–Trinajstić information content (AvgIpc) is 2.85. The van der Waals surface area contributed by atoms with Gasteiger partial charge in [0.25, 0.3) is 5.69 Å². The molecule has 1 heterocycles. The summed E-state index contributed by atoms with van der Waals surface area (Å²) in [6, 6.07) is 5.31. The van der Waals surface area contributed by atoms with Crippen LogP contribution in [0.3, 0.4) is 0 Å². The van der Waals surface area contributed by atoms with Crippen LogP contribution < -0.4 is 16.2 Å². The van der Waals surface area contributed by atoms with Crippen LogP contribution in [0.4, 0.5) is 17.1 Å². The number of likely N-dealkylation sites (N-methyl/N-ethyl adjacent to an activating group) is 1. The molecule has 1 aromatic carbocycles. The zero-order chi connectivity index (χ0) is 14.7. The Labute approximate surface area is 118 Å². The number of nitro groups is 1. The molecule has 3 N–H and O–H groups in total. The van der Waals surface area contributed by atoms with Gasteiger partial charge in [0, 0.05) is 37.0 Å². The minimum Gasteiger partial charge on any atom is -0.367 e. The van der Waals surface area contributed by atoms with Crippen LogP contribution >= 0.6 is 0 Å². The number of anilines is 2. The summed E-state index contributed by atoms with van der Waals surface area (Å²) >= 11 is 0. The molecule has 1 aromatic rings. The number of nitrogens with two attached hydrogens (primary N) is 1. The third-order valence-electron chi connectivity index (χ3n) is 3.56. The number of hydrogen-bond acceptors (Lipinski definition) is 6. The highest BCUT2D eigenvalue weighted by Crippen LogP contribution is 2.31. The van der Waals surface area contributed by atoms with E-state index in [1.165, 1.54) is 6.07 Å². The maximum Gasteiger partial charge on any atom is 0.273 e. The van der Waals surface area contributed by atoms with Crippen molar-refractivity contribution >= 4 is 17.1 Å². The molecule has 0 radical (unpaired) electrons. The van der Waals surface area contributed by atoms with Gasteiger partial charge in [-0.25, -0.2) is 0 Å². The zero-order valence-electron chi connectivity index (χ0n) is 11.9. The number of hydrazine groups is 1. The molecule has 110 valence electrons. The fraction of sp³-hybridized carbons (Fsp3) is 0.538. The predicted molar refractivity (Wildman–Crippen MR) is 79.8 cm³/mol. The Morgan fingerprint density at radius 3 is 2.85 bits per heavy atom. The Hall–Kier alpha value is -1.86. The molecule has 0 saturated carbocycles. The van der Waals surface area contributed by atoms with Crippen molar-refractivity contribution in [1.82, 2.24) is 4.90 Å². The summed E-state index contributed by atoms with van der Waals surface area (Å²) in [5, 5.41) is 11.0. The minimum absolute atomic E-state index is 0.0611. The smallest absolute Gasteiger partial charge is 0.273 e. The highest BCUT2D eigenvalue weighted by atomic mass is 16.6. The fourth-order valence-corrected chi connectivity index (χ4v) is 2.74. The topological polar surface area (TPSA) is 87.7 Å². The van der Waals surface area contributed by atoms with Gasteiger partial charge in [0.15, 0.2) is 0 Å². The molecular weight excluding hydrogens is 258 g/mol. The van der Waals surface area contributed by atoms with E-state index in [4.69, 9.17) is 5.84 Å². The van der Waals surface area contributed by atoms with Gasteiger partial charge < -0.3 is 15.2 Å². The van der Waals surface area contributed by atoms with E-state index in [0.717, 1.165) is 31.6 Å². The molecule has 0 bridgehead atoms. The SMILES string of the molecule is CN(C)CC1CCCN1c1cc(NN)cc([N+](=O)[O-])c1. The number of nitrogens with zero attached hydrogens (tertiary/aromatic N) is 3. The van der Waals surface area contributed by atoms with E-state index in [-0.39, 0.29) is 10.6 Å². The summed E-state index contributed by atoms with van der Waals surface area (Å²) in [6.07, 6.45) is 2.21. The third-order valence-corrected chi connectivity index (χ3v) is 3.56. The lowest BCUT2D eigenvalue weighted by Gasteiger charge is -2.29. The Morgan fingerprint density at radius 2 is 2.25 bits per heavy atom. The Balaban J connectivity index is 2.30. The molecule has 1 aliphatic rings. The van der Waals surface area contributed by atoms with Crippen LogP contribution in [0, 0.1) is 10.1 Å². The van der Waals surface area contributed by atoms with Gasteiger partial charge in [0.2, 0.25) is 0 Å². The van der Waals surface area contributed by atoms with Crippen molar-refractivity contribution in [2.24, 2.45) is 5.84 Å². The summed E-state index contributed by atoms with van der Waals surface area (Å²) in [5.41, 5.74) is 3.98. The molecule has 0 aromatic heterocycles. The Kier molecular flexibility index (Phi) is 4.41. The molecule has 1 aliphatic heterocycles. The van der Waals surface area contributed by atoms with E-state index in [0.29, 0.717) is 11.7 Å². The van der Waals surface area contributed by atoms with Crippen molar-refractivity contribution in [1.29, 1.82) is 0 Å². The lowest BCUT2D eigenvalue weighted by atomic mass is 10.2. The van der Waals surface area contributed by atoms with Crippen molar-refractivity contribution < 1.29 is 4.92 Å². The first-order chi connectivity index (χ1) is 9.51. The second-order valence-electron chi connectivity index (χ2n) is 5.39. The number of benzene rings is 1. The second kappa shape index (κ2) is 6.06. The molecule has 1 fully saturated rings. The lowest BCUT2D eigenvalue weighted by molar-refractivity contribution is -0.384. The summed E-state index contributed by atoms with van der Waals surface area (Å²) in [6.45, 7) is 1.86. The quantitative estimate of drug-likeness (QED) is 0.481. The highest BCUT2D eigenvalue weighted by molar-refractivity contribution is 5.64. The van der Waals surface area contributed by atoms with Gasteiger partial charge >= 0.3 is 0 Å². The molecule has 0 amide bonds. The van der Waals surface area contributed by atoms with E-state index >= 15 is 0 Å². The lowest BCUT2D eigenvalue weighted by Crippen LogP contribution is -2.37. The van der Waals surface area contributed by atoms with Crippen LogP contribution in [-0.2, 0) is 0 Å². The van der Waals surface area contributed by atoms with Gasteiger partial charge in [-0.1, -0.05) is 0 Å². The van der Waals surface area contributed by atoms with Crippen molar-refractivity contribution in [2.45, 2.75) is 18.9 Å². The summed E-state index contributed by atoms with van der Waals surface area (Å²) < 4.78 is 0. The van der Waals surface area contributed by atoms with E-state index in [9.17, 15) is 10.1 Å². The van der Waals surface area contributed by atoms with Crippen LogP contribution in [0.25, 0.3) is 0 Å². The van der Waals surface area contributed by atoms with Gasteiger partial charge in [-0.2, -0.15) is 0 Å². The molecule has 20 heavy (non-hydrogen) atoms. The summed E-state index contributed by atoms with van der Waals surface area (Å²) in [5.74, 6) is 5.40. The number of non-ortho nitro benzene ring substituents is 1. The standard InChI is InChI=1S/C13H21N5O2/c1-16(2)9-11-4-3-5-17(11)12-6-10(15-14)7-13(8-12)18(19)20/h6-8,11,15H,3-5,9,14H2,1-2H3. The summed E-state index contributed by atoms with van der Waals surface area (Å²) in [7, 11) is 4.08. The molecule has 1 saturated heterocycles. The molecule has 7 nitrogen and oxygen atoms in total. The van der Waals surface area contributed by atoms with Gasteiger partial charge in [0.05, 0.1) is 10.6 Å². The van der Waals surface area contributed by atoms with E-state index in [2.05, 4.69) is 15.2 Å². The normalized spacial score (nSPS) is 18.6. The first-order valence-corrected chi connectivity index (χ1v) is 6.68. The zero-order valence-corrected chi connectivity index (χ0v) is 11.9.